The predicted octanol–water partition coefficient (Wildman–Crippen LogP) is 1.14. The number of carbonyl (C=O) groups is 2. The number of aliphatic carboxylic acids is 1. The van der Waals surface area contributed by atoms with Gasteiger partial charge in [-0.05, 0) is 18.6 Å². The molecule has 0 saturated heterocycles. The molecule has 0 unspecified atom stereocenters. The highest BCUT2D eigenvalue weighted by atomic mass is 16.5. The van der Waals surface area contributed by atoms with Gasteiger partial charge in [0.1, 0.15) is 5.69 Å². The Bertz CT molecular complexity index is 406. The maximum atomic E-state index is 11.2. The number of hydrogen-bond acceptors (Lipinski definition) is 5. The number of nitrogens with one attached hydrogen (secondary N) is 1. The SMILES string of the molecule is COC(=O)c1cc(NCCCC(=O)O)ccn1. The molecular weight excluding hydrogens is 224 g/mol. The molecule has 0 radical (unpaired) electrons. The fourth-order valence-corrected chi connectivity index (χ4v) is 1.23. The van der Waals surface area contributed by atoms with E-state index in [0.29, 0.717) is 18.7 Å². The van der Waals surface area contributed by atoms with Crippen LogP contribution >= 0.6 is 0 Å². The van der Waals surface area contributed by atoms with Crippen LogP contribution in [0.25, 0.3) is 0 Å². The minimum absolute atomic E-state index is 0.113. The Kier molecular flexibility index (Phi) is 4.93. The van der Waals surface area contributed by atoms with E-state index in [2.05, 4.69) is 15.0 Å². The molecule has 6 heteroatoms. The Morgan fingerprint density at radius 3 is 2.94 bits per heavy atom. The molecule has 0 aliphatic carbocycles. The minimum atomic E-state index is -0.822. The molecule has 6 nitrogen and oxygen atoms in total. The van der Waals surface area contributed by atoms with E-state index in [0.717, 1.165) is 0 Å². The fraction of sp³-hybridized carbons (Fsp3) is 0.364. The number of rotatable bonds is 6. The van der Waals surface area contributed by atoms with Crippen molar-refractivity contribution in [1.29, 1.82) is 0 Å². The number of esters is 1. The molecule has 0 aliphatic rings. The van der Waals surface area contributed by atoms with Gasteiger partial charge in [0.05, 0.1) is 7.11 Å². The number of ether oxygens (including phenoxy) is 1. The van der Waals surface area contributed by atoms with E-state index >= 15 is 0 Å². The number of carboxylic acids is 1. The van der Waals surface area contributed by atoms with Crippen LogP contribution in [0.1, 0.15) is 23.3 Å². The van der Waals surface area contributed by atoms with Gasteiger partial charge >= 0.3 is 11.9 Å². The predicted molar refractivity (Wildman–Crippen MR) is 60.9 cm³/mol. The molecule has 1 aromatic rings. The first kappa shape index (κ1) is 13.0. The van der Waals surface area contributed by atoms with Crippen molar-refractivity contribution in [2.75, 3.05) is 19.0 Å². The number of anilines is 1. The standard InChI is InChI=1S/C11H14N2O4/c1-17-11(16)9-7-8(4-6-13-9)12-5-2-3-10(14)15/h4,6-7H,2-3,5H2,1H3,(H,12,13)(H,14,15). The fourth-order valence-electron chi connectivity index (χ4n) is 1.23. The molecule has 92 valence electrons. The topological polar surface area (TPSA) is 88.5 Å². The van der Waals surface area contributed by atoms with Crippen molar-refractivity contribution in [3.8, 4) is 0 Å². The van der Waals surface area contributed by atoms with Gasteiger partial charge in [0.25, 0.3) is 0 Å². The molecule has 0 saturated carbocycles. The smallest absolute Gasteiger partial charge is 0.356 e. The monoisotopic (exact) mass is 238 g/mol. The van der Waals surface area contributed by atoms with Crippen molar-refractivity contribution in [1.82, 2.24) is 4.98 Å². The van der Waals surface area contributed by atoms with E-state index in [9.17, 15) is 9.59 Å². The summed E-state index contributed by atoms with van der Waals surface area (Å²) in [6, 6.07) is 3.26. The molecule has 0 amide bonds. The van der Waals surface area contributed by atoms with Gasteiger partial charge in [-0.15, -0.1) is 0 Å². The molecule has 1 heterocycles. The zero-order valence-electron chi connectivity index (χ0n) is 9.47. The van der Waals surface area contributed by atoms with E-state index in [-0.39, 0.29) is 12.1 Å². The van der Waals surface area contributed by atoms with Crippen LogP contribution in [0.3, 0.4) is 0 Å². The summed E-state index contributed by atoms with van der Waals surface area (Å²) >= 11 is 0. The third-order valence-electron chi connectivity index (χ3n) is 2.05. The van der Waals surface area contributed by atoms with Crippen LogP contribution in [-0.4, -0.2) is 35.7 Å². The number of hydrogen-bond donors (Lipinski definition) is 2. The number of pyridine rings is 1. The summed E-state index contributed by atoms with van der Waals surface area (Å²) in [6.45, 7) is 0.525. The van der Waals surface area contributed by atoms with Crippen LogP contribution in [0.5, 0.6) is 0 Å². The molecule has 0 spiro atoms. The lowest BCUT2D eigenvalue weighted by molar-refractivity contribution is -0.137. The summed E-state index contributed by atoms with van der Waals surface area (Å²) in [7, 11) is 1.29. The zero-order valence-corrected chi connectivity index (χ0v) is 9.47. The van der Waals surface area contributed by atoms with E-state index in [1.165, 1.54) is 13.3 Å². The van der Waals surface area contributed by atoms with Crippen molar-refractivity contribution < 1.29 is 19.4 Å². The Morgan fingerprint density at radius 2 is 2.29 bits per heavy atom. The highest BCUT2D eigenvalue weighted by Gasteiger charge is 2.07. The van der Waals surface area contributed by atoms with Crippen molar-refractivity contribution in [2.24, 2.45) is 0 Å². The van der Waals surface area contributed by atoms with Crippen LogP contribution in [0.2, 0.25) is 0 Å². The summed E-state index contributed by atoms with van der Waals surface area (Å²) in [5.41, 5.74) is 0.932. The van der Waals surface area contributed by atoms with Crippen LogP contribution in [-0.2, 0) is 9.53 Å². The maximum Gasteiger partial charge on any atom is 0.356 e. The second-order valence-electron chi connectivity index (χ2n) is 3.35. The number of nitrogens with zero attached hydrogens (tertiary/aromatic N) is 1. The van der Waals surface area contributed by atoms with E-state index in [1.807, 2.05) is 0 Å². The van der Waals surface area contributed by atoms with E-state index in [1.54, 1.807) is 12.1 Å². The molecule has 2 N–H and O–H groups in total. The van der Waals surface area contributed by atoms with Crippen molar-refractivity contribution in [3.05, 3.63) is 24.0 Å². The van der Waals surface area contributed by atoms with Gasteiger partial charge in [-0.2, -0.15) is 0 Å². The molecule has 1 rings (SSSR count). The lowest BCUT2D eigenvalue weighted by Gasteiger charge is -2.06. The Balaban J connectivity index is 2.48. The summed E-state index contributed by atoms with van der Waals surface area (Å²) in [5.74, 6) is -1.32. The van der Waals surface area contributed by atoms with Crippen LogP contribution in [0, 0.1) is 0 Å². The zero-order chi connectivity index (χ0) is 12.7. The van der Waals surface area contributed by atoms with Gasteiger partial charge in [0.15, 0.2) is 0 Å². The van der Waals surface area contributed by atoms with E-state index < -0.39 is 11.9 Å². The molecule has 17 heavy (non-hydrogen) atoms. The molecule has 0 bridgehead atoms. The third-order valence-corrected chi connectivity index (χ3v) is 2.05. The van der Waals surface area contributed by atoms with Crippen LogP contribution < -0.4 is 5.32 Å². The second kappa shape index (κ2) is 6.47. The summed E-state index contributed by atoms with van der Waals surface area (Å²) < 4.78 is 4.54. The second-order valence-corrected chi connectivity index (χ2v) is 3.35. The first-order valence-electron chi connectivity index (χ1n) is 5.13. The van der Waals surface area contributed by atoms with Gasteiger partial charge in [-0.3, -0.25) is 4.79 Å². The van der Waals surface area contributed by atoms with Gasteiger partial charge in [0, 0.05) is 24.8 Å². The van der Waals surface area contributed by atoms with Gasteiger partial charge in [-0.25, -0.2) is 9.78 Å². The van der Waals surface area contributed by atoms with Gasteiger partial charge < -0.3 is 15.2 Å². The quantitative estimate of drug-likeness (QED) is 0.570. The van der Waals surface area contributed by atoms with Crippen molar-refractivity contribution in [2.45, 2.75) is 12.8 Å². The maximum absolute atomic E-state index is 11.2. The normalized spacial score (nSPS) is 9.71. The molecule has 0 atom stereocenters. The summed E-state index contributed by atoms with van der Waals surface area (Å²) in [4.78, 5) is 25.3. The first-order chi connectivity index (χ1) is 8.13. The number of carbonyl (C=O) groups excluding carboxylic acids is 1. The average Bonchev–Trinajstić information content (AvgIpc) is 2.34. The highest BCUT2D eigenvalue weighted by molar-refractivity contribution is 5.88. The van der Waals surface area contributed by atoms with Crippen LogP contribution in [0.15, 0.2) is 18.3 Å². The van der Waals surface area contributed by atoms with Crippen molar-refractivity contribution >= 4 is 17.6 Å². The number of methoxy groups -OCH3 is 1. The Labute approximate surface area is 98.6 Å². The Hall–Kier alpha value is -2.11. The molecule has 1 aromatic heterocycles. The number of aromatic nitrogens is 1. The summed E-state index contributed by atoms with van der Waals surface area (Å²) in [5, 5.41) is 11.5. The minimum Gasteiger partial charge on any atom is -0.481 e. The summed E-state index contributed by atoms with van der Waals surface area (Å²) in [6.07, 6.45) is 2.12. The van der Waals surface area contributed by atoms with E-state index in [4.69, 9.17) is 5.11 Å². The lowest BCUT2D eigenvalue weighted by Crippen LogP contribution is -2.08. The highest BCUT2D eigenvalue weighted by Crippen LogP contribution is 2.08. The van der Waals surface area contributed by atoms with Crippen LogP contribution in [0.4, 0.5) is 5.69 Å². The molecular formula is C11H14N2O4. The average molecular weight is 238 g/mol. The Morgan fingerprint density at radius 1 is 1.53 bits per heavy atom. The largest absolute Gasteiger partial charge is 0.481 e. The lowest BCUT2D eigenvalue weighted by atomic mass is 10.3. The van der Waals surface area contributed by atoms with Gasteiger partial charge in [-0.1, -0.05) is 0 Å². The molecule has 0 aliphatic heterocycles. The molecule has 0 aromatic carbocycles. The van der Waals surface area contributed by atoms with Crippen molar-refractivity contribution in [3.63, 3.8) is 0 Å². The third kappa shape index (κ3) is 4.50. The molecule has 0 fully saturated rings. The van der Waals surface area contributed by atoms with Gasteiger partial charge in [0.2, 0.25) is 0 Å². The number of carboxylic acid groups (broad SMARTS) is 1. The first-order valence-corrected chi connectivity index (χ1v) is 5.13.